The molecule has 0 heterocycles. The summed E-state index contributed by atoms with van der Waals surface area (Å²) >= 11 is 4.22. The third-order valence-corrected chi connectivity index (χ3v) is 2.56. The Labute approximate surface area is 95.6 Å². The molecule has 0 amide bonds. The number of rotatable bonds is 3. The fourth-order valence-corrected chi connectivity index (χ4v) is 1.59. The minimum absolute atomic E-state index is 0.783. The summed E-state index contributed by atoms with van der Waals surface area (Å²) in [4.78, 5) is 0. The molecule has 2 aromatic rings. The highest BCUT2D eigenvalue weighted by Gasteiger charge is 1.93. The molecular weight excluding hydrogens is 202 g/mol. The van der Waals surface area contributed by atoms with Crippen LogP contribution in [0.3, 0.4) is 0 Å². The SMILES string of the molecule is SCc1ccc(Nc2ccccc2)cc1. The third kappa shape index (κ3) is 2.77. The lowest BCUT2D eigenvalue weighted by Crippen LogP contribution is -1.89. The number of hydrogen-bond acceptors (Lipinski definition) is 2. The van der Waals surface area contributed by atoms with Gasteiger partial charge >= 0.3 is 0 Å². The summed E-state index contributed by atoms with van der Waals surface area (Å²) in [6, 6.07) is 18.4. The molecule has 0 atom stereocenters. The van der Waals surface area contributed by atoms with E-state index in [1.165, 1.54) is 5.56 Å². The number of hydrogen-bond donors (Lipinski definition) is 2. The van der Waals surface area contributed by atoms with Gasteiger partial charge in [-0.25, -0.2) is 0 Å². The summed E-state index contributed by atoms with van der Waals surface area (Å²) < 4.78 is 0. The monoisotopic (exact) mass is 215 g/mol. The van der Waals surface area contributed by atoms with Crippen molar-refractivity contribution >= 4 is 24.0 Å². The van der Waals surface area contributed by atoms with Crippen molar-refractivity contribution in [1.82, 2.24) is 0 Å². The molecule has 0 saturated carbocycles. The van der Waals surface area contributed by atoms with Crippen LogP contribution in [0.4, 0.5) is 11.4 Å². The van der Waals surface area contributed by atoms with Crippen LogP contribution in [-0.4, -0.2) is 0 Å². The van der Waals surface area contributed by atoms with Crippen LogP contribution in [0.15, 0.2) is 54.6 Å². The lowest BCUT2D eigenvalue weighted by Gasteiger charge is -2.06. The Morgan fingerprint density at radius 2 is 1.40 bits per heavy atom. The van der Waals surface area contributed by atoms with Crippen LogP contribution in [0.25, 0.3) is 0 Å². The van der Waals surface area contributed by atoms with Crippen LogP contribution in [0.2, 0.25) is 0 Å². The van der Waals surface area contributed by atoms with Gasteiger partial charge in [-0.15, -0.1) is 0 Å². The van der Waals surface area contributed by atoms with E-state index in [4.69, 9.17) is 0 Å². The summed E-state index contributed by atoms with van der Waals surface area (Å²) in [6.45, 7) is 0. The average molecular weight is 215 g/mol. The first kappa shape index (κ1) is 10.1. The van der Waals surface area contributed by atoms with Gasteiger partial charge in [-0.3, -0.25) is 0 Å². The maximum atomic E-state index is 4.22. The van der Waals surface area contributed by atoms with E-state index < -0.39 is 0 Å². The van der Waals surface area contributed by atoms with Crippen LogP contribution in [0.1, 0.15) is 5.56 Å². The number of anilines is 2. The van der Waals surface area contributed by atoms with Crippen molar-refractivity contribution in [2.24, 2.45) is 0 Å². The summed E-state index contributed by atoms with van der Waals surface area (Å²) in [6.07, 6.45) is 0. The molecular formula is C13H13NS. The predicted octanol–water partition coefficient (Wildman–Crippen LogP) is 3.86. The zero-order chi connectivity index (χ0) is 10.5. The largest absolute Gasteiger partial charge is 0.356 e. The molecule has 0 aliphatic heterocycles. The first-order chi connectivity index (χ1) is 7.38. The highest BCUT2D eigenvalue weighted by atomic mass is 32.1. The normalized spacial score (nSPS) is 9.93. The highest BCUT2D eigenvalue weighted by molar-refractivity contribution is 7.79. The minimum atomic E-state index is 0.783. The Morgan fingerprint density at radius 3 is 2.00 bits per heavy atom. The Balaban J connectivity index is 2.11. The molecule has 2 rings (SSSR count). The zero-order valence-corrected chi connectivity index (χ0v) is 9.24. The molecule has 76 valence electrons. The van der Waals surface area contributed by atoms with Gasteiger partial charge in [0.05, 0.1) is 0 Å². The lowest BCUT2D eigenvalue weighted by atomic mass is 10.2. The second kappa shape index (κ2) is 4.89. The van der Waals surface area contributed by atoms with Crippen LogP contribution < -0.4 is 5.32 Å². The van der Waals surface area contributed by atoms with Gasteiger partial charge in [0, 0.05) is 17.1 Å². The van der Waals surface area contributed by atoms with Gasteiger partial charge in [0.25, 0.3) is 0 Å². The molecule has 1 nitrogen and oxygen atoms in total. The summed E-state index contributed by atoms with van der Waals surface area (Å²) in [5.74, 6) is 0.783. The molecule has 0 unspecified atom stereocenters. The first-order valence-corrected chi connectivity index (χ1v) is 5.53. The minimum Gasteiger partial charge on any atom is -0.356 e. The highest BCUT2D eigenvalue weighted by Crippen LogP contribution is 2.16. The van der Waals surface area contributed by atoms with E-state index in [9.17, 15) is 0 Å². The Morgan fingerprint density at radius 1 is 0.800 bits per heavy atom. The van der Waals surface area contributed by atoms with Gasteiger partial charge in [-0.05, 0) is 29.8 Å². The van der Waals surface area contributed by atoms with Crippen LogP contribution >= 0.6 is 12.6 Å². The molecule has 0 radical (unpaired) electrons. The van der Waals surface area contributed by atoms with Gasteiger partial charge in [0.1, 0.15) is 0 Å². The average Bonchev–Trinajstić information content (AvgIpc) is 2.31. The molecule has 0 spiro atoms. The van der Waals surface area contributed by atoms with E-state index in [-0.39, 0.29) is 0 Å². The van der Waals surface area contributed by atoms with Gasteiger partial charge in [-0.1, -0.05) is 30.3 Å². The second-order valence-electron chi connectivity index (χ2n) is 3.35. The molecule has 15 heavy (non-hydrogen) atoms. The molecule has 1 N–H and O–H groups in total. The number of para-hydroxylation sites is 1. The van der Waals surface area contributed by atoms with Crippen LogP contribution in [-0.2, 0) is 5.75 Å². The molecule has 2 heteroatoms. The van der Waals surface area contributed by atoms with Crippen molar-refractivity contribution in [1.29, 1.82) is 0 Å². The first-order valence-electron chi connectivity index (χ1n) is 4.90. The van der Waals surface area contributed by atoms with Gasteiger partial charge in [0.2, 0.25) is 0 Å². The summed E-state index contributed by atoms with van der Waals surface area (Å²) in [5, 5.41) is 3.33. The maximum Gasteiger partial charge on any atom is 0.0384 e. The van der Waals surface area contributed by atoms with Gasteiger partial charge < -0.3 is 5.32 Å². The number of benzene rings is 2. The molecule has 0 bridgehead atoms. The third-order valence-electron chi connectivity index (χ3n) is 2.20. The van der Waals surface area contributed by atoms with Crippen molar-refractivity contribution in [2.45, 2.75) is 5.75 Å². The fraction of sp³-hybridized carbons (Fsp3) is 0.0769. The summed E-state index contributed by atoms with van der Waals surface area (Å²) in [5.41, 5.74) is 3.44. The Hall–Kier alpha value is -1.41. The molecule has 2 aromatic carbocycles. The van der Waals surface area contributed by atoms with Gasteiger partial charge in [0.15, 0.2) is 0 Å². The fourth-order valence-electron chi connectivity index (χ4n) is 1.38. The van der Waals surface area contributed by atoms with Crippen molar-refractivity contribution in [3.63, 3.8) is 0 Å². The van der Waals surface area contributed by atoms with E-state index >= 15 is 0 Å². The maximum absolute atomic E-state index is 4.22. The van der Waals surface area contributed by atoms with Crippen molar-refractivity contribution in [3.8, 4) is 0 Å². The van der Waals surface area contributed by atoms with Crippen LogP contribution in [0, 0.1) is 0 Å². The molecule has 0 aliphatic rings. The molecule has 0 aromatic heterocycles. The van der Waals surface area contributed by atoms with E-state index in [0.717, 1.165) is 17.1 Å². The standard InChI is InChI=1S/C13H13NS/c15-10-11-6-8-13(9-7-11)14-12-4-2-1-3-5-12/h1-9,14-15H,10H2. The zero-order valence-electron chi connectivity index (χ0n) is 8.35. The second-order valence-corrected chi connectivity index (χ2v) is 3.66. The molecule has 0 saturated heterocycles. The lowest BCUT2D eigenvalue weighted by molar-refractivity contribution is 1.42. The predicted molar refractivity (Wildman–Crippen MR) is 68.9 cm³/mol. The smallest absolute Gasteiger partial charge is 0.0384 e. The number of thiol groups is 1. The van der Waals surface area contributed by atoms with Crippen molar-refractivity contribution < 1.29 is 0 Å². The van der Waals surface area contributed by atoms with Crippen LogP contribution in [0.5, 0.6) is 0 Å². The topological polar surface area (TPSA) is 12.0 Å². The Kier molecular flexibility index (Phi) is 3.30. The quantitative estimate of drug-likeness (QED) is 0.741. The van der Waals surface area contributed by atoms with E-state index in [0.29, 0.717) is 0 Å². The Bertz CT molecular complexity index is 408. The van der Waals surface area contributed by atoms with E-state index in [1.807, 2.05) is 30.3 Å². The summed E-state index contributed by atoms with van der Waals surface area (Å²) in [7, 11) is 0. The van der Waals surface area contributed by atoms with Crippen molar-refractivity contribution in [2.75, 3.05) is 5.32 Å². The van der Waals surface area contributed by atoms with E-state index in [2.05, 4.69) is 42.2 Å². The van der Waals surface area contributed by atoms with E-state index in [1.54, 1.807) is 0 Å². The molecule has 0 aliphatic carbocycles. The van der Waals surface area contributed by atoms with Gasteiger partial charge in [-0.2, -0.15) is 12.6 Å². The van der Waals surface area contributed by atoms with Crippen molar-refractivity contribution in [3.05, 3.63) is 60.2 Å². The molecule has 0 fully saturated rings. The number of nitrogens with one attached hydrogen (secondary N) is 1.